The smallest absolute Gasteiger partial charge is 0.123 e. The molecule has 2 nitrogen and oxygen atoms in total. The lowest BCUT2D eigenvalue weighted by atomic mass is 10.2. The Bertz CT molecular complexity index is 624. The van der Waals surface area contributed by atoms with E-state index in [1.165, 1.54) is 17.0 Å². The number of aliphatic hydroxyl groups excluding tert-OH is 1. The third-order valence-electron chi connectivity index (χ3n) is 3.11. The van der Waals surface area contributed by atoms with Crippen LogP contribution in [-0.2, 0) is 6.54 Å². The SMILES string of the molecule is CCN(Cc1sccc1C#CCCO)c1ccc(F)cc1. The van der Waals surface area contributed by atoms with E-state index in [1.54, 1.807) is 23.5 Å². The van der Waals surface area contributed by atoms with Crippen LogP contribution in [0.1, 0.15) is 23.8 Å². The van der Waals surface area contributed by atoms with E-state index >= 15 is 0 Å². The fourth-order valence-electron chi connectivity index (χ4n) is 2.00. The molecule has 0 aliphatic carbocycles. The van der Waals surface area contributed by atoms with Crippen molar-refractivity contribution in [1.82, 2.24) is 0 Å². The summed E-state index contributed by atoms with van der Waals surface area (Å²) >= 11 is 1.67. The van der Waals surface area contributed by atoms with Crippen molar-refractivity contribution in [1.29, 1.82) is 0 Å². The van der Waals surface area contributed by atoms with Crippen molar-refractivity contribution < 1.29 is 9.50 Å². The summed E-state index contributed by atoms with van der Waals surface area (Å²) < 4.78 is 13.0. The summed E-state index contributed by atoms with van der Waals surface area (Å²) in [5, 5.41) is 10.8. The number of rotatable bonds is 5. The zero-order valence-corrected chi connectivity index (χ0v) is 12.8. The zero-order valence-electron chi connectivity index (χ0n) is 12.0. The lowest BCUT2D eigenvalue weighted by Crippen LogP contribution is -2.21. The van der Waals surface area contributed by atoms with Gasteiger partial charge in [0.05, 0.1) is 13.2 Å². The molecule has 2 rings (SSSR count). The molecular formula is C17H18FNOS. The maximum Gasteiger partial charge on any atom is 0.123 e. The summed E-state index contributed by atoms with van der Waals surface area (Å²) in [7, 11) is 0. The highest BCUT2D eigenvalue weighted by molar-refractivity contribution is 7.10. The normalized spacial score (nSPS) is 10.0. The molecule has 1 aromatic carbocycles. The van der Waals surface area contributed by atoms with Crippen molar-refractivity contribution in [2.75, 3.05) is 18.1 Å². The number of thiophene rings is 1. The number of aliphatic hydroxyl groups is 1. The van der Waals surface area contributed by atoms with E-state index in [-0.39, 0.29) is 12.4 Å². The van der Waals surface area contributed by atoms with Gasteiger partial charge in [0.15, 0.2) is 0 Å². The lowest BCUT2D eigenvalue weighted by molar-refractivity contribution is 0.305. The Labute approximate surface area is 128 Å². The van der Waals surface area contributed by atoms with E-state index in [2.05, 4.69) is 23.7 Å². The summed E-state index contributed by atoms with van der Waals surface area (Å²) in [4.78, 5) is 3.37. The van der Waals surface area contributed by atoms with Gasteiger partial charge in [0.25, 0.3) is 0 Å². The molecule has 0 saturated heterocycles. The third-order valence-corrected chi connectivity index (χ3v) is 4.02. The van der Waals surface area contributed by atoms with Crippen LogP contribution in [0, 0.1) is 17.7 Å². The van der Waals surface area contributed by atoms with Crippen LogP contribution >= 0.6 is 11.3 Å². The Morgan fingerprint density at radius 1 is 1.24 bits per heavy atom. The molecule has 2 aromatic rings. The van der Waals surface area contributed by atoms with Gasteiger partial charge in [-0.3, -0.25) is 0 Å². The predicted octanol–water partition coefficient (Wildman–Crippen LogP) is 3.65. The van der Waals surface area contributed by atoms with E-state index in [0.29, 0.717) is 6.42 Å². The second-order valence-electron chi connectivity index (χ2n) is 4.52. The van der Waals surface area contributed by atoms with Gasteiger partial charge in [-0.1, -0.05) is 11.8 Å². The van der Waals surface area contributed by atoms with Gasteiger partial charge in [-0.25, -0.2) is 4.39 Å². The first-order valence-electron chi connectivity index (χ1n) is 6.91. The fourth-order valence-corrected chi connectivity index (χ4v) is 2.84. The minimum Gasteiger partial charge on any atom is -0.395 e. The Morgan fingerprint density at radius 3 is 2.67 bits per heavy atom. The maximum absolute atomic E-state index is 13.0. The van der Waals surface area contributed by atoms with Crippen LogP contribution in [0.5, 0.6) is 0 Å². The molecule has 110 valence electrons. The first kappa shape index (κ1) is 15.6. The van der Waals surface area contributed by atoms with Crippen molar-refractivity contribution in [3.63, 3.8) is 0 Å². The van der Waals surface area contributed by atoms with Crippen molar-refractivity contribution in [2.24, 2.45) is 0 Å². The highest BCUT2D eigenvalue weighted by atomic mass is 32.1. The molecule has 0 radical (unpaired) electrons. The van der Waals surface area contributed by atoms with Crippen LogP contribution in [-0.4, -0.2) is 18.3 Å². The summed E-state index contributed by atoms with van der Waals surface area (Å²) in [6, 6.07) is 8.55. The number of hydrogen-bond acceptors (Lipinski definition) is 3. The molecule has 0 spiro atoms. The molecule has 0 aliphatic rings. The Balaban J connectivity index is 2.14. The van der Waals surface area contributed by atoms with Crippen LogP contribution in [0.4, 0.5) is 10.1 Å². The van der Waals surface area contributed by atoms with Crippen LogP contribution in [0.25, 0.3) is 0 Å². The van der Waals surface area contributed by atoms with Gasteiger partial charge in [-0.15, -0.1) is 11.3 Å². The van der Waals surface area contributed by atoms with Crippen LogP contribution in [0.3, 0.4) is 0 Å². The van der Waals surface area contributed by atoms with Crippen LogP contribution in [0.2, 0.25) is 0 Å². The number of anilines is 1. The summed E-state index contributed by atoms with van der Waals surface area (Å²) in [6.07, 6.45) is 0.491. The summed E-state index contributed by atoms with van der Waals surface area (Å²) in [5.74, 6) is 5.83. The summed E-state index contributed by atoms with van der Waals surface area (Å²) in [6.45, 7) is 3.76. The molecule has 0 bridgehead atoms. The largest absolute Gasteiger partial charge is 0.395 e. The monoisotopic (exact) mass is 303 g/mol. The Kier molecular flexibility index (Phi) is 5.79. The standard InChI is InChI=1S/C17H18FNOS/c1-2-19(16-8-6-15(18)7-9-16)13-17-14(10-12-21-17)5-3-4-11-20/h6-10,12,20H,2,4,11,13H2,1H3. The number of hydrogen-bond donors (Lipinski definition) is 1. The van der Waals surface area contributed by atoms with E-state index in [9.17, 15) is 4.39 Å². The molecule has 0 aliphatic heterocycles. The van der Waals surface area contributed by atoms with Gasteiger partial charge < -0.3 is 10.0 Å². The molecule has 0 saturated carbocycles. The first-order chi connectivity index (χ1) is 10.2. The van der Waals surface area contributed by atoms with Crippen molar-refractivity contribution >= 4 is 17.0 Å². The average molecular weight is 303 g/mol. The first-order valence-corrected chi connectivity index (χ1v) is 7.79. The zero-order chi connectivity index (χ0) is 15.1. The minimum atomic E-state index is -0.221. The number of halogens is 1. The van der Waals surface area contributed by atoms with E-state index in [0.717, 1.165) is 24.3 Å². The van der Waals surface area contributed by atoms with Crippen molar-refractivity contribution in [2.45, 2.75) is 19.9 Å². The molecule has 0 unspecified atom stereocenters. The highest BCUT2D eigenvalue weighted by Gasteiger charge is 2.09. The molecule has 0 atom stereocenters. The van der Waals surface area contributed by atoms with E-state index in [4.69, 9.17) is 5.11 Å². The highest BCUT2D eigenvalue weighted by Crippen LogP contribution is 2.22. The van der Waals surface area contributed by atoms with Gasteiger partial charge in [-0.2, -0.15) is 0 Å². The quantitative estimate of drug-likeness (QED) is 0.852. The average Bonchev–Trinajstić information content (AvgIpc) is 2.93. The van der Waals surface area contributed by atoms with Gasteiger partial charge in [0.1, 0.15) is 5.82 Å². The Morgan fingerprint density at radius 2 is 2.00 bits per heavy atom. The summed E-state index contributed by atoms with van der Waals surface area (Å²) in [5.41, 5.74) is 2.01. The maximum atomic E-state index is 13.0. The van der Waals surface area contributed by atoms with E-state index < -0.39 is 0 Å². The molecule has 0 amide bonds. The van der Waals surface area contributed by atoms with Crippen molar-refractivity contribution in [3.05, 3.63) is 52.0 Å². The Hall–Kier alpha value is -1.83. The predicted molar refractivity (Wildman–Crippen MR) is 86.0 cm³/mol. The van der Waals surface area contributed by atoms with E-state index in [1.807, 2.05) is 11.4 Å². The fraction of sp³-hybridized carbons (Fsp3) is 0.294. The second kappa shape index (κ2) is 7.82. The van der Waals surface area contributed by atoms with Gasteiger partial charge >= 0.3 is 0 Å². The third kappa shape index (κ3) is 4.32. The number of nitrogens with zero attached hydrogens (tertiary/aromatic N) is 1. The molecule has 21 heavy (non-hydrogen) atoms. The van der Waals surface area contributed by atoms with Gasteiger partial charge in [0.2, 0.25) is 0 Å². The van der Waals surface area contributed by atoms with Gasteiger partial charge in [-0.05, 0) is 42.6 Å². The molecule has 1 N–H and O–H groups in total. The second-order valence-corrected chi connectivity index (χ2v) is 5.52. The molecule has 1 heterocycles. The van der Waals surface area contributed by atoms with Gasteiger partial charge in [0, 0.05) is 29.1 Å². The topological polar surface area (TPSA) is 23.5 Å². The van der Waals surface area contributed by atoms with Crippen LogP contribution in [0.15, 0.2) is 35.7 Å². The van der Waals surface area contributed by atoms with Crippen LogP contribution < -0.4 is 4.90 Å². The molecule has 0 fully saturated rings. The number of benzene rings is 1. The lowest BCUT2D eigenvalue weighted by Gasteiger charge is -2.22. The minimum absolute atomic E-state index is 0.0864. The molecular weight excluding hydrogens is 285 g/mol. The molecule has 4 heteroatoms. The molecule has 1 aromatic heterocycles. The van der Waals surface area contributed by atoms with Crippen molar-refractivity contribution in [3.8, 4) is 11.8 Å².